The van der Waals surface area contributed by atoms with E-state index >= 15 is 0 Å². The Kier molecular flexibility index (Phi) is 9.57. The summed E-state index contributed by atoms with van der Waals surface area (Å²) in [4.78, 5) is 2.49. The molecule has 0 atom stereocenters. The van der Waals surface area contributed by atoms with Crippen LogP contribution in [0.1, 0.15) is 74.9 Å². The second-order valence-corrected chi connectivity index (χ2v) is 23.6. The first-order chi connectivity index (χ1) is 35.4. The average Bonchev–Trinajstić information content (AvgIpc) is 4.04. The van der Waals surface area contributed by atoms with Crippen LogP contribution in [0.2, 0.25) is 0 Å². The molecule has 1 aromatic heterocycles. The number of nitrogens with zero attached hydrogens (tertiary/aromatic N) is 1. The van der Waals surface area contributed by atoms with E-state index < -0.39 is 5.41 Å². The molecular weight excluding hydrogens is 899 g/mol. The van der Waals surface area contributed by atoms with Gasteiger partial charge in [-0.3, -0.25) is 0 Å². The summed E-state index contributed by atoms with van der Waals surface area (Å²) < 4.78 is 2.60. The summed E-state index contributed by atoms with van der Waals surface area (Å²) in [5.74, 6) is 0. The highest BCUT2D eigenvalue weighted by Crippen LogP contribution is 2.64. The standard InChI is InChI=1S/C71H55NS/c1-69(2,3)52-27-33-58-59-34-28-53(70(4,5)6)41-65(59)71(64(58)40-52)63-17-11-9-15-57(63)60-35-31-55(42-66(60)71)72(56-32-36-62-61-16-10-12-18-67(61)73-68(62)43-56)54-29-25-45(26-30-54)47-21-22-50-39-51(24-23-49(50)38-47)48-20-19-44-13-7-8-14-46(44)37-48/h7-43H,1-6H3. The van der Waals surface area contributed by atoms with Crippen molar-refractivity contribution in [1.29, 1.82) is 0 Å². The van der Waals surface area contributed by atoms with Crippen molar-refractivity contribution in [3.05, 3.63) is 258 Å². The Bertz CT molecular complexity index is 4170. The Labute approximate surface area is 432 Å². The van der Waals surface area contributed by atoms with Gasteiger partial charge in [-0.05, 0) is 171 Å². The lowest BCUT2D eigenvalue weighted by Crippen LogP contribution is -2.27. The summed E-state index contributed by atoms with van der Waals surface area (Å²) in [5.41, 5.74) is 21.2. The number of rotatable bonds is 5. The van der Waals surface area contributed by atoms with Gasteiger partial charge in [0.2, 0.25) is 0 Å². The molecule has 350 valence electrons. The zero-order chi connectivity index (χ0) is 49.4. The van der Waals surface area contributed by atoms with Crippen LogP contribution in [0.5, 0.6) is 0 Å². The minimum absolute atomic E-state index is 0.0205. The SMILES string of the molecule is CC(C)(C)c1ccc2c(c1)C1(c3ccccc3-c3ccc(N(c4ccc(-c5ccc6cc(-c7ccc8ccccc8c7)ccc6c5)cc4)c4ccc5c(c4)sc4ccccc45)cc31)c1cc(C(C)(C)C)ccc1-2. The summed E-state index contributed by atoms with van der Waals surface area (Å²) in [7, 11) is 0. The van der Waals surface area contributed by atoms with Crippen molar-refractivity contribution in [3.8, 4) is 44.5 Å². The van der Waals surface area contributed by atoms with Crippen LogP contribution in [-0.4, -0.2) is 0 Å². The van der Waals surface area contributed by atoms with Crippen molar-refractivity contribution in [2.75, 3.05) is 4.90 Å². The smallest absolute Gasteiger partial charge is 0.0726 e. The molecule has 1 nitrogen and oxygen atoms in total. The highest BCUT2D eigenvalue weighted by molar-refractivity contribution is 7.25. The molecule has 2 heteroatoms. The molecule has 0 saturated carbocycles. The lowest BCUT2D eigenvalue weighted by molar-refractivity contribution is 0.586. The zero-order valence-corrected chi connectivity index (χ0v) is 43.0. The molecular formula is C71H55NS. The molecule has 2 aliphatic rings. The van der Waals surface area contributed by atoms with Crippen LogP contribution in [0.3, 0.4) is 0 Å². The summed E-state index contributed by atoms with van der Waals surface area (Å²) in [6, 6.07) is 85.5. The van der Waals surface area contributed by atoms with Crippen molar-refractivity contribution in [2.24, 2.45) is 0 Å². The van der Waals surface area contributed by atoms with E-state index in [0.29, 0.717) is 0 Å². The van der Waals surface area contributed by atoms with Crippen LogP contribution >= 0.6 is 11.3 Å². The highest BCUT2D eigenvalue weighted by Gasteiger charge is 2.52. The topological polar surface area (TPSA) is 3.24 Å². The van der Waals surface area contributed by atoms with Crippen LogP contribution in [0.4, 0.5) is 17.1 Å². The average molecular weight is 954 g/mol. The fraction of sp³-hybridized carbons (Fsp3) is 0.127. The van der Waals surface area contributed by atoms with Gasteiger partial charge in [-0.25, -0.2) is 0 Å². The molecule has 2 aliphatic carbocycles. The number of hydrogen-bond acceptors (Lipinski definition) is 2. The molecule has 0 radical (unpaired) electrons. The van der Waals surface area contributed by atoms with Crippen molar-refractivity contribution < 1.29 is 0 Å². The van der Waals surface area contributed by atoms with Crippen LogP contribution in [-0.2, 0) is 16.2 Å². The largest absolute Gasteiger partial charge is 0.310 e. The first-order valence-electron chi connectivity index (χ1n) is 25.8. The van der Waals surface area contributed by atoms with E-state index in [9.17, 15) is 0 Å². The molecule has 1 heterocycles. The van der Waals surface area contributed by atoms with E-state index in [-0.39, 0.29) is 10.8 Å². The molecule has 0 unspecified atom stereocenters. The lowest BCUT2D eigenvalue weighted by atomic mass is 9.68. The normalized spacial score (nSPS) is 13.5. The molecule has 0 N–H and O–H groups in total. The fourth-order valence-electron chi connectivity index (χ4n) is 12.3. The van der Waals surface area contributed by atoms with Gasteiger partial charge >= 0.3 is 0 Å². The minimum Gasteiger partial charge on any atom is -0.310 e. The van der Waals surface area contributed by atoms with E-state index in [1.165, 1.54) is 120 Å². The summed E-state index contributed by atoms with van der Waals surface area (Å²) in [6.07, 6.45) is 0. The second kappa shape index (κ2) is 16.0. The number of thiophene rings is 1. The van der Waals surface area contributed by atoms with Gasteiger partial charge in [0.05, 0.1) is 5.41 Å². The number of fused-ring (bicyclic) bond motifs is 15. The Hall–Kier alpha value is -8.04. The maximum Gasteiger partial charge on any atom is 0.0726 e. The number of benzene rings is 11. The molecule has 0 bridgehead atoms. The van der Waals surface area contributed by atoms with Crippen LogP contribution in [0, 0.1) is 0 Å². The third-order valence-electron chi connectivity index (χ3n) is 16.2. The molecule has 1 spiro atoms. The fourth-order valence-corrected chi connectivity index (χ4v) is 13.5. The van der Waals surface area contributed by atoms with E-state index in [1.807, 2.05) is 11.3 Å². The molecule has 0 aliphatic heterocycles. The quantitative estimate of drug-likeness (QED) is 0.166. The van der Waals surface area contributed by atoms with Gasteiger partial charge in [-0.15, -0.1) is 11.3 Å². The molecule has 11 aromatic carbocycles. The monoisotopic (exact) mass is 953 g/mol. The van der Waals surface area contributed by atoms with Crippen LogP contribution in [0.15, 0.2) is 224 Å². The van der Waals surface area contributed by atoms with E-state index in [2.05, 4.69) is 271 Å². The number of hydrogen-bond donors (Lipinski definition) is 0. The van der Waals surface area contributed by atoms with Gasteiger partial charge in [0.1, 0.15) is 0 Å². The maximum absolute atomic E-state index is 2.55. The highest BCUT2D eigenvalue weighted by atomic mass is 32.1. The number of anilines is 3. The predicted octanol–water partition coefficient (Wildman–Crippen LogP) is 20.1. The Morgan fingerprint density at radius 3 is 1.42 bits per heavy atom. The third-order valence-corrected chi connectivity index (χ3v) is 17.3. The third kappa shape index (κ3) is 6.80. The summed E-state index contributed by atoms with van der Waals surface area (Å²) in [5, 5.41) is 7.61. The van der Waals surface area contributed by atoms with Crippen LogP contribution < -0.4 is 4.90 Å². The molecule has 0 saturated heterocycles. The van der Waals surface area contributed by atoms with E-state index in [0.717, 1.165) is 17.1 Å². The Morgan fingerprint density at radius 1 is 0.315 bits per heavy atom. The molecule has 73 heavy (non-hydrogen) atoms. The van der Waals surface area contributed by atoms with Gasteiger partial charge in [-0.2, -0.15) is 0 Å². The summed E-state index contributed by atoms with van der Waals surface area (Å²) >= 11 is 1.88. The predicted molar refractivity (Wildman–Crippen MR) is 314 cm³/mol. The van der Waals surface area contributed by atoms with Crippen molar-refractivity contribution in [1.82, 2.24) is 0 Å². The van der Waals surface area contributed by atoms with E-state index in [4.69, 9.17) is 0 Å². The van der Waals surface area contributed by atoms with Gasteiger partial charge in [0.15, 0.2) is 0 Å². The van der Waals surface area contributed by atoms with Crippen molar-refractivity contribution >= 4 is 70.1 Å². The first-order valence-corrected chi connectivity index (χ1v) is 26.6. The zero-order valence-electron chi connectivity index (χ0n) is 42.2. The minimum atomic E-state index is -0.508. The lowest BCUT2D eigenvalue weighted by Gasteiger charge is -2.34. The van der Waals surface area contributed by atoms with Gasteiger partial charge in [0.25, 0.3) is 0 Å². The summed E-state index contributed by atoms with van der Waals surface area (Å²) in [6.45, 7) is 14.1. The molecule has 14 rings (SSSR count). The molecule has 0 amide bonds. The van der Waals surface area contributed by atoms with Crippen LogP contribution in [0.25, 0.3) is 86.2 Å². The van der Waals surface area contributed by atoms with Crippen molar-refractivity contribution in [3.63, 3.8) is 0 Å². The maximum atomic E-state index is 2.55. The Balaban J connectivity index is 0.929. The van der Waals surface area contributed by atoms with Crippen molar-refractivity contribution in [2.45, 2.75) is 57.8 Å². The molecule has 0 fully saturated rings. The Morgan fingerprint density at radius 2 is 0.767 bits per heavy atom. The first kappa shape index (κ1) is 43.7. The second-order valence-electron chi connectivity index (χ2n) is 22.5. The van der Waals surface area contributed by atoms with E-state index in [1.54, 1.807) is 0 Å². The van der Waals surface area contributed by atoms with Gasteiger partial charge in [-0.1, -0.05) is 205 Å². The van der Waals surface area contributed by atoms with Gasteiger partial charge < -0.3 is 4.90 Å². The van der Waals surface area contributed by atoms with Gasteiger partial charge in [0, 0.05) is 37.2 Å². The molecule has 12 aromatic rings.